The largest absolute Gasteiger partial charge is 0.481 e. The Morgan fingerprint density at radius 3 is 2.83 bits per heavy atom. The molecule has 1 aliphatic rings. The van der Waals surface area contributed by atoms with Gasteiger partial charge in [0.2, 0.25) is 0 Å². The van der Waals surface area contributed by atoms with E-state index in [2.05, 4.69) is 4.98 Å². The number of amides is 1. The highest BCUT2D eigenvalue weighted by molar-refractivity contribution is 7.13. The van der Waals surface area contributed by atoms with E-state index in [1.54, 1.807) is 10.3 Å². The Hall–Kier alpha value is -1.63. The highest BCUT2D eigenvalue weighted by atomic mass is 32.1. The molecule has 1 aliphatic heterocycles. The lowest BCUT2D eigenvalue weighted by atomic mass is 9.91. The molecule has 1 aromatic heterocycles. The standard InChI is InChI=1S/C11H15N3O3S/c1-6-4-7(10(16)17)2-3-14(6)9(15)8-5-18-11(12)13-8/h5-7H,2-4H2,1H3,(H2,12,13)(H,16,17). The molecule has 0 aliphatic carbocycles. The summed E-state index contributed by atoms with van der Waals surface area (Å²) in [5.41, 5.74) is 5.85. The van der Waals surface area contributed by atoms with Crippen LogP contribution < -0.4 is 5.73 Å². The van der Waals surface area contributed by atoms with E-state index in [1.165, 1.54) is 11.3 Å². The molecule has 6 nitrogen and oxygen atoms in total. The van der Waals surface area contributed by atoms with Crippen LogP contribution in [0, 0.1) is 5.92 Å². The Labute approximate surface area is 108 Å². The Morgan fingerprint density at radius 1 is 1.61 bits per heavy atom. The van der Waals surface area contributed by atoms with Crippen molar-refractivity contribution < 1.29 is 14.7 Å². The summed E-state index contributed by atoms with van der Waals surface area (Å²) in [5.74, 6) is -1.31. The molecule has 3 N–H and O–H groups in total. The summed E-state index contributed by atoms with van der Waals surface area (Å²) in [6.45, 7) is 2.32. The normalized spacial score (nSPS) is 23.9. The predicted molar refractivity (Wildman–Crippen MR) is 67.4 cm³/mol. The number of aliphatic carboxylic acids is 1. The molecule has 2 rings (SSSR count). The van der Waals surface area contributed by atoms with Crippen LogP contribution in [0.4, 0.5) is 5.13 Å². The van der Waals surface area contributed by atoms with Crippen molar-refractivity contribution in [2.24, 2.45) is 5.92 Å². The highest BCUT2D eigenvalue weighted by Crippen LogP contribution is 2.25. The number of aromatic nitrogens is 1. The van der Waals surface area contributed by atoms with E-state index in [0.29, 0.717) is 30.2 Å². The fourth-order valence-electron chi connectivity index (χ4n) is 2.23. The number of rotatable bonds is 2. The van der Waals surface area contributed by atoms with Crippen molar-refractivity contribution >= 4 is 28.3 Å². The molecule has 0 aromatic carbocycles. The van der Waals surface area contributed by atoms with Gasteiger partial charge in [-0.1, -0.05) is 0 Å². The van der Waals surface area contributed by atoms with Crippen LogP contribution in [0.5, 0.6) is 0 Å². The van der Waals surface area contributed by atoms with Crippen molar-refractivity contribution in [2.75, 3.05) is 12.3 Å². The van der Waals surface area contributed by atoms with Crippen LogP contribution in [-0.2, 0) is 4.79 Å². The fraction of sp³-hybridized carbons (Fsp3) is 0.545. The van der Waals surface area contributed by atoms with Gasteiger partial charge in [0.05, 0.1) is 5.92 Å². The Morgan fingerprint density at radius 2 is 2.33 bits per heavy atom. The van der Waals surface area contributed by atoms with Crippen molar-refractivity contribution in [2.45, 2.75) is 25.8 Å². The average Bonchev–Trinajstić information content (AvgIpc) is 2.74. The number of likely N-dealkylation sites (tertiary alicyclic amines) is 1. The quantitative estimate of drug-likeness (QED) is 0.836. The number of anilines is 1. The molecule has 0 spiro atoms. The van der Waals surface area contributed by atoms with Gasteiger partial charge in [-0.25, -0.2) is 4.98 Å². The third-order valence-corrected chi connectivity index (χ3v) is 3.90. The number of nitrogen functional groups attached to an aromatic ring is 1. The number of carboxylic acids is 1. The number of thiazole rings is 1. The van der Waals surface area contributed by atoms with Gasteiger partial charge in [-0.15, -0.1) is 11.3 Å². The van der Waals surface area contributed by atoms with Gasteiger partial charge in [0.25, 0.3) is 5.91 Å². The first-order valence-electron chi connectivity index (χ1n) is 5.74. The first-order valence-corrected chi connectivity index (χ1v) is 6.61. The summed E-state index contributed by atoms with van der Waals surface area (Å²) in [6.07, 6.45) is 0.978. The maximum Gasteiger partial charge on any atom is 0.306 e. The highest BCUT2D eigenvalue weighted by Gasteiger charge is 2.33. The van der Waals surface area contributed by atoms with E-state index in [-0.39, 0.29) is 17.9 Å². The van der Waals surface area contributed by atoms with Gasteiger partial charge in [-0.05, 0) is 19.8 Å². The van der Waals surface area contributed by atoms with E-state index in [0.717, 1.165) is 0 Å². The van der Waals surface area contributed by atoms with Crippen LogP contribution in [0.3, 0.4) is 0 Å². The molecule has 1 aromatic rings. The van der Waals surface area contributed by atoms with Crippen LogP contribution in [0.1, 0.15) is 30.3 Å². The van der Waals surface area contributed by atoms with Crippen LogP contribution in [-0.4, -0.2) is 39.5 Å². The summed E-state index contributed by atoms with van der Waals surface area (Å²) in [6, 6.07) is -0.0877. The minimum absolute atomic E-state index is 0.0877. The summed E-state index contributed by atoms with van der Waals surface area (Å²) in [7, 11) is 0. The van der Waals surface area contributed by atoms with Crippen molar-refractivity contribution in [1.29, 1.82) is 0 Å². The monoisotopic (exact) mass is 269 g/mol. The zero-order chi connectivity index (χ0) is 13.3. The van der Waals surface area contributed by atoms with Crippen LogP contribution in [0.2, 0.25) is 0 Å². The Bertz CT molecular complexity index is 474. The molecule has 2 heterocycles. The van der Waals surface area contributed by atoms with Gasteiger partial charge in [0.15, 0.2) is 5.13 Å². The number of carbonyl (C=O) groups excluding carboxylic acids is 1. The average molecular weight is 269 g/mol. The minimum atomic E-state index is -0.785. The van der Waals surface area contributed by atoms with E-state index in [1.807, 2.05) is 6.92 Å². The second kappa shape index (κ2) is 4.93. The van der Waals surface area contributed by atoms with Crippen molar-refractivity contribution in [3.63, 3.8) is 0 Å². The maximum absolute atomic E-state index is 12.2. The van der Waals surface area contributed by atoms with Crippen molar-refractivity contribution in [3.8, 4) is 0 Å². The fourth-order valence-corrected chi connectivity index (χ4v) is 2.77. The number of nitrogens with zero attached hydrogens (tertiary/aromatic N) is 2. The molecule has 1 amide bonds. The van der Waals surface area contributed by atoms with Gasteiger partial charge in [0.1, 0.15) is 5.69 Å². The first kappa shape index (κ1) is 12.8. The second-order valence-electron chi connectivity index (χ2n) is 4.48. The molecule has 98 valence electrons. The van der Waals surface area contributed by atoms with Gasteiger partial charge < -0.3 is 15.7 Å². The van der Waals surface area contributed by atoms with E-state index in [9.17, 15) is 9.59 Å². The van der Waals surface area contributed by atoms with Gasteiger partial charge in [-0.2, -0.15) is 0 Å². The molecule has 7 heteroatoms. The number of piperidine rings is 1. The third kappa shape index (κ3) is 2.45. The second-order valence-corrected chi connectivity index (χ2v) is 5.37. The molecule has 1 fully saturated rings. The lowest BCUT2D eigenvalue weighted by Crippen LogP contribution is -2.46. The SMILES string of the molecule is CC1CC(C(=O)O)CCN1C(=O)c1csc(N)n1. The number of carboxylic acid groups (broad SMARTS) is 1. The molecule has 0 bridgehead atoms. The van der Waals surface area contributed by atoms with Crippen LogP contribution >= 0.6 is 11.3 Å². The predicted octanol–water partition coefficient (Wildman–Crippen LogP) is 1.05. The summed E-state index contributed by atoms with van der Waals surface area (Å²) < 4.78 is 0. The van der Waals surface area contributed by atoms with Gasteiger partial charge >= 0.3 is 5.97 Å². The summed E-state index contributed by atoms with van der Waals surface area (Å²) >= 11 is 1.23. The summed E-state index contributed by atoms with van der Waals surface area (Å²) in [5, 5.41) is 11.0. The summed E-state index contributed by atoms with van der Waals surface area (Å²) in [4.78, 5) is 28.7. The Balaban J connectivity index is 2.07. The number of hydrogen-bond acceptors (Lipinski definition) is 5. The molecule has 1 saturated heterocycles. The third-order valence-electron chi connectivity index (χ3n) is 3.23. The minimum Gasteiger partial charge on any atom is -0.481 e. The number of hydrogen-bond donors (Lipinski definition) is 2. The zero-order valence-corrected chi connectivity index (χ0v) is 10.8. The smallest absolute Gasteiger partial charge is 0.306 e. The van der Waals surface area contributed by atoms with E-state index in [4.69, 9.17) is 10.8 Å². The van der Waals surface area contributed by atoms with Gasteiger partial charge in [0, 0.05) is 18.0 Å². The molecule has 0 saturated carbocycles. The number of nitrogens with two attached hydrogens (primary N) is 1. The first-order chi connectivity index (χ1) is 8.49. The van der Waals surface area contributed by atoms with E-state index >= 15 is 0 Å². The molecule has 2 atom stereocenters. The van der Waals surface area contributed by atoms with Crippen molar-refractivity contribution in [1.82, 2.24) is 9.88 Å². The molecular weight excluding hydrogens is 254 g/mol. The Kier molecular flexibility index (Phi) is 3.51. The van der Waals surface area contributed by atoms with E-state index < -0.39 is 5.97 Å². The number of carbonyl (C=O) groups is 2. The molecule has 2 unspecified atom stereocenters. The molecular formula is C11H15N3O3S. The lowest BCUT2D eigenvalue weighted by Gasteiger charge is -2.35. The zero-order valence-electron chi connectivity index (χ0n) is 10.00. The van der Waals surface area contributed by atoms with Crippen LogP contribution in [0.15, 0.2) is 5.38 Å². The lowest BCUT2D eigenvalue weighted by molar-refractivity contribution is -0.143. The van der Waals surface area contributed by atoms with Crippen LogP contribution in [0.25, 0.3) is 0 Å². The van der Waals surface area contributed by atoms with Crippen molar-refractivity contribution in [3.05, 3.63) is 11.1 Å². The van der Waals surface area contributed by atoms with Gasteiger partial charge in [-0.3, -0.25) is 9.59 Å². The topological polar surface area (TPSA) is 96.5 Å². The molecule has 0 radical (unpaired) electrons. The maximum atomic E-state index is 12.2. The molecule has 18 heavy (non-hydrogen) atoms.